The molecular formula is C22H23ClN4O. The van der Waals surface area contributed by atoms with Gasteiger partial charge in [-0.15, -0.1) is 0 Å². The van der Waals surface area contributed by atoms with Crippen LogP contribution in [0.5, 0.6) is 0 Å². The molecule has 0 unspecified atom stereocenters. The van der Waals surface area contributed by atoms with Gasteiger partial charge in [-0.1, -0.05) is 36.7 Å². The van der Waals surface area contributed by atoms with Crippen molar-refractivity contribution in [2.24, 2.45) is 0 Å². The van der Waals surface area contributed by atoms with Gasteiger partial charge >= 0.3 is 0 Å². The summed E-state index contributed by atoms with van der Waals surface area (Å²) in [6.07, 6.45) is 3.44. The summed E-state index contributed by atoms with van der Waals surface area (Å²) in [6.45, 7) is 3.99. The van der Waals surface area contributed by atoms with Crippen molar-refractivity contribution in [3.63, 3.8) is 0 Å². The first-order valence-corrected chi connectivity index (χ1v) is 9.64. The lowest BCUT2D eigenvalue weighted by molar-refractivity contribution is -0.116. The molecule has 0 atom stereocenters. The zero-order valence-electron chi connectivity index (χ0n) is 16.0. The maximum absolute atomic E-state index is 12.5. The number of aromatic nitrogens is 2. The third-order valence-corrected chi connectivity index (χ3v) is 4.65. The number of hydrogen-bond acceptors (Lipinski definition) is 4. The van der Waals surface area contributed by atoms with Crippen molar-refractivity contribution < 1.29 is 4.79 Å². The van der Waals surface area contributed by atoms with Crippen LogP contribution in [0.4, 0.5) is 17.2 Å². The largest absolute Gasteiger partial charge is 0.340 e. The summed E-state index contributed by atoms with van der Waals surface area (Å²) in [5.74, 6) is 0.705. The van der Waals surface area contributed by atoms with E-state index >= 15 is 0 Å². The molecule has 0 aliphatic carbocycles. The second kappa shape index (κ2) is 9.33. The van der Waals surface area contributed by atoms with Gasteiger partial charge < -0.3 is 10.6 Å². The first-order chi connectivity index (χ1) is 13.5. The van der Waals surface area contributed by atoms with Crippen molar-refractivity contribution in [3.8, 4) is 0 Å². The molecule has 3 aromatic rings. The van der Waals surface area contributed by atoms with E-state index in [4.69, 9.17) is 11.6 Å². The van der Waals surface area contributed by atoms with Gasteiger partial charge in [0, 0.05) is 34.6 Å². The zero-order valence-corrected chi connectivity index (χ0v) is 16.8. The van der Waals surface area contributed by atoms with Crippen molar-refractivity contribution in [2.75, 3.05) is 10.6 Å². The summed E-state index contributed by atoms with van der Waals surface area (Å²) in [4.78, 5) is 20.8. The molecule has 0 saturated carbocycles. The highest BCUT2D eigenvalue weighted by Crippen LogP contribution is 2.24. The Labute approximate surface area is 170 Å². The summed E-state index contributed by atoms with van der Waals surface area (Å²) < 4.78 is 0. The molecule has 5 nitrogen and oxygen atoms in total. The van der Waals surface area contributed by atoms with E-state index in [1.807, 2.05) is 55.5 Å². The summed E-state index contributed by atoms with van der Waals surface area (Å²) in [5, 5.41) is 7.00. The number of carbonyl (C=O) groups excluding carboxylic acids is 1. The summed E-state index contributed by atoms with van der Waals surface area (Å²) in [7, 11) is 0. The Hall–Kier alpha value is -2.92. The molecule has 2 aromatic carbocycles. The number of hydrogen-bond donors (Lipinski definition) is 2. The van der Waals surface area contributed by atoms with Gasteiger partial charge in [-0.2, -0.15) is 0 Å². The summed E-state index contributed by atoms with van der Waals surface area (Å²) >= 11 is 5.90. The highest BCUT2D eigenvalue weighted by atomic mass is 35.5. The quantitative estimate of drug-likeness (QED) is 0.569. The molecule has 3 rings (SSSR count). The van der Waals surface area contributed by atoms with Crippen LogP contribution in [0.3, 0.4) is 0 Å². The number of rotatable bonds is 7. The Morgan fingerprint density at radius 1 is 1.07 bits per heavy atom. The molecule has 0 spiro atoms. The number of anilines is 3. The molecular weight excluding hydrogens is 372 g/mol. The van der Waals surface area contributed by atoms with Gasteiger partial charge in [0.25, 0.3) is 0 Å². The van der Waals surface area contributed by atoms with Gasteiger partial charge in [0.1, 0.15) is 12.1 Å². The van der Waals surface area contributed by atoms with Gasteiger partial charge in [0.05, 0.1) is 0 Å². The zero-order chi connectivity index (χ0) is 19.9. The van der Waals surface area contributed by atoms with Crippen molar-refractivity contribution in [1.29, 1.82) is 0 Å². The Morgan fingerprint density at radius 2 is 1.86 bits per heavy atom. The fourth-order valence-electron chi connectivity index (χ4n) is 2.87. The molecule has 0 radical (unpaired) electrons. The van der Waals surface area contributed by atoms with E-state index in [0.29, 0.717) is 17.9 Å². The van der Waals surface area contributed by atoms with Crippen molar-refractivity contribution in [1.82, 2.24) is 9.97 Å². The van der Waals surface area contributed by atoms with E-state index in [0.717, 1.165) is 40.4 Å². The molecule has 0 aliphatic rings. The molecule has 6 heteroatoms. The Bertz CT molecular complexity index is 957. The van der Waals surface area contributed by atoms with Crippen LogP contribution in [0.15, 0.2) is 54.9 Å². The molecule has 1 aromatic heterocycles. The van der Waals surface area contributed by atoms with Crippen LogP contribution in [-0.4, -0.2) is 15.9 Å². The minimum absolute atomic E-state index is 0.0142. The van der Waals surface area contributed by atoms with Gasteiger partial charge in [0.2, 0.25) is 5.91 Å². The average molecular weight is 395 g/mol. The molecule has 1 heterocycles. The summed E-state index contributed by atoms with van der Waals surface area (Å²) in [6, 6.07) is 15.4. The average Bonchev–Trinajstić information content (AvgIpc) is 2.68. The smallest absolute Gasteiger partial charge is 0.224 e. The minimum atomic E-state index is -0.0142. The predicted molar refractivity (Wildman–Crippen MR) is 114 cm³/mol. The number of halogens is 1. The Kier molecular flexibility index (Phi) is 6.61. The van der Waals surface area contributed by atoms with Crippen molar-refractivity contribution in [2.45, 2.75) is 33.1 Å². The molecule has 0 aliphatic heterocycles. The van der Waals surface area contributed by atoms with E-state index < -0.39 is 0 Å². The third-order valence-electron chi connectivity index (χ3n) is 4.40. The molecule has 144 valence electrons. The van der Waals surface area contributed by atoms with E-state index in [1.54, 1.807) is 0 Å². The first-order valence-electron chi connectivity index (χ1n) is 9.26. The fraction of sp³-hybridized carbons (Fsp3) is 0.227. The number of amides is 1. The van der Waals surface area contributed by atoms with Crippen LogP contribution in [0, 0.1) is 6.92 Å². The van der Waals surface area contributed by atoms with Crippen molar-refractivity contribution in [3.05, 3.63) is 76.7 Å². The third kappa shape index (κ3) is 5.54. The molecule has 2 N–H and O–H groups in total. The molecule has 28 heavy (non-hydrogen) atoms. The highest BCUT2D eigenvalue weighted by molar-refractivity contribution is 6.30. The van der Waals surface area contributed by atoms with Gasteiger partial charge in [-0.25, -0.2) is 9.97 Å². The maximum Gasteiger partial charge on any atom is 0.224 e. The summed E-state index contributed by atoms with van der Waals surface area (Å²) in [5.41, 5.74) is 4.75. The highest BCUT2D eigenvalue weighted by Gasteiger charge is 2.09. The van der Waals surface area contributed by atoms with E-state index in [1.165, 1.54) is 6.33 Å². The lowest BCUT2D eigenvalue weighted by Crippen LogP contribution is -2.14. The molecule has 0 saturated heterocycles. The van der Waals surface area contributed by atoms with Crippen LogP contribution >= 0.6 is 11.6 Å². The van der Waals surface area contributed by atoms with E-state index in [9.17, 15) is 4.79 Å². The second-order valence-electron chi connectivity index (χ2n) is 6.57. The minimum Gasteiger partial charge on any atom is -0.340 e. The van der Waals surface area contributed by atoms with Gasteiger partial charge in [-0.3, -0.25) is 4.79 Å². The Morgan fingerprint density at radius 3 is 2.57 bits per heavy atom. The molecule has 1 amide bonds. The fourth-order valence-corrected chi connectivity index (χ4v) is 3.00. The van der Waals surface area contributed by atoms with Gasteiger partial charge in [0.15, 0.2) is 0 Å². The number of carbonyl (C=O) groups is 1. The van der Waals surface area contributed by atoms with E-state index in [-0.39, 0.29) is 5.91 Å². The topological polar surface area (TPSA) is 66.9 Å². The number of nitrogens with one attached hydrogen (secondary N) is 2. The maximum atomic E-state index is 12.5. The van der Waals surface area contributed by atoms with Crippen LogP contribution in [-0.2, 0) is 17.6 Å². The number of aryl methyl sites for hydroxylation is 3. The lowest BCUT2D eigenvalue weighted by Gasteiger charge is -2.13. The van der Waals surface area contributed by atoms with Crippen LogP contribution < -0.4 is 10.6 Å². The standard InChI is InChI=1S/C22H23ClN4O/c1-3-17-7-10-19(26-21-12-15(2)24-14-25-21)13-20(17)27-22(28)11-6-16-4-8-18(23)9-5-16/h4-5,7-10,12-14H,3,6,11H2,1-2H3,(H,27,28)(H,24,25,26). The van der Waals surface area contributed by atoms with E-state index in [2.05, 4.69) is 27.5 Å². The number of benzene rings is 2. The SMILES string of the molecule is CCc1ccc(Nc2cc(C)ncn2)cc1NC(=O)CCc1ccc(Cl)cc1. The van der Waals surface area contributed by atoms with Crippen LogP contribution in [0.1, 0.15) is 30.2 Å². The van der Waals surface area contributed by atoms with Crippen LogP contribution in [0.25, 0.3) is 0 Å². The van der Waals surface area contributed by atoms with Crippen LogP contribution in [0.2, 0.25) is 5.02 Å². The predicted octanol–water partition coefficient (Wildman–Crippen LogP) is 5.32. The normalized spacial score (nSPS) is 10.5. The number of nitrogens with zero attached hydrogens (tertiary/aromatic N) is 2. The van der Waals surface area contributed by atoms with Crippen molar-refractivity contribution >= 4 is 34.7 Å². The first kappa shape index (κ1) is 19.8. The van der Waals surface area contributed by atoms with Gasteiger partial charge in [-0.05, 0) is 55.2 Å². The Balaban J connectivity index is 1.67. The lowest BCUT2D eigenvalue weighted by atomic mass is 10.1. The second-order valence-corrected chi connectivity index (χ2v) is 7.01. The molecule has 0 fully saturated rings. The molecule has 0 bridgehead atoms. The monoisotopic (exact) mass is 394 g/mol.